The SMILES string of the molecule is CNC(C)(C)CNCCc1cc(Br)ccc1F. The predicted molar refractivity (Wildman–Crippen MR) is 73.8 cm³/mol. The van der Waals surface area contributed by atoms with Gasteiger partial charge in [0.15, 0.2) is 0 Å². The topological polar surface area (TPSA) is 24.1 Å². The van der Waals surface area contributed by atoms with Crippen molar-refractivity contribution in [2.75, 3.05) is 20.1 Å². The molecule has 96 valence electrons. The molecule has 0 aliphatic carbocycles. The summed E-state index contributed by atoms with van der Waals surface area (Å²) in [6, 6.07) is 5.05. The molecule has 0 heterocycles. The first-order valence-corrected chi connectivity index (χ1v) is 6.57. The molecule has 0 aromatic heterocycles. The fourth-order valence-corrected chi connectivity index (χ4v) is 1.86. The highest BCUT2D eigenvalue weighted by Crippen LogP contribution is 2.15. The number of rotatable bonds is 6. The minimum Gasteiger partial charge on any atom is -0.315 e. The van der Waals surface area contributed by atoms with Crippen LogP contribution in [0.4, 0.5) is 4.39 Å². The zero-order chi connectivity index (χ0) is 12.9. The fraction of sp³-hybridized carbons (Fsp3) is 0.538. The van der Waals surface area contributed by atoms with E-state index in [0.717, 1.165) is 23.1 Å². The summed E-state index contributed by atoms with van der Waals surface area (Å²) in [5.74, 6) is -0.136. The van der Waals surface area contributed by atoms with Crippen LogP contribution in [0.3, 0.4) is 0 Å². The molecule has 0 amide bonds. The van der Waals surface area contributed by atoms with Crippen LogP contribution in [0.2, 0.25) is 0 Å². The van der Waals surface area contributed by atoms with Crippen molar-refractivity contribution in [2.24, 2.45) is 0 Å². The summed E-state index contributed by atoms with van der Waals surface area (Å²) in [6.45, 7) is 5.89. The summed E-state index contributed by atoms with van der Waals surface area (Å²) < 4.78 is 14.4. The van der Waals surface area contributed by atoms with Gasteiger partial charge in [0, 0.05) is 16.6 Å². The normalized spacial score (nSPS) is 11.8. The number of hydrogen-bond acceptors (Lipinski definition) is 2. The molecule has 0 spiro atoms. The van der Waals surface area contributed by atoms with E-state index in [1.807, 2.05) is 13.1 Å². The van der Waals surface area contributed by atoms with Gasteiger partial charge >= 0.3 is 0 Å². The first-order chi connectivity index (χ1) is 7.94. The lowest BCUT2D eigenvalue weighted by Crippen LogP contribution is -2.46. The van der Waals surface area contributed by atoms with Gasteiger partial charge in [0.25, 0.3) is 0 Å². The molecule has 2 N–H and O–H groups in total. The Kier molecular flexibility index (Phi) is 5.56. The average Bonchev–Trinajstić information content (AvgIpc) is 2.29. The number of benzene rings is 1. The van der Waals surface area contributed by atoms with Gasteiger partial charge in [0.1, 0.15) is 5.82 Å². The van der Waals surface area contributed by atoms with E-state index in [4.69, 9.17) is 0 Å². The van der Waals surface area contributed by atoms with Crippen LogP contribution in [0.5, 0.6) is 0 Å². The molecule has 0 atom stereocenters. The second-order valence-corrected chi connectivity index (χ2v) is 5.71. The third-order valence-electron chi connectivity index (χ3n) is 2.82. The van der Waals surface area contributed by atoms with Crippen LogP contribution in [0.15, 0.2) is 22.7 Å². The smallest absolute Gasteiger partial charge is 0.126 e. The van der Waals surface area contributed by atoms with E-state index in [2.05, 4.69) is 40.4 Å². The van der Waals surface area contributed by atoms with Crippen LogP contribution in [0.1, 0.15) is 19.4 Å². The van der Waals surface area contributed by atoms with E-state index >= 15 is 0 Å². The summed E-state index contributed by atoms with van der Waals surface area (Å²) >= 11 is 3.35. The highest BCUT2D eigenvalue weighted by Gasteiger charge is 2.13. The lowest BCUT2D eigenvalue weighted by molar-refractivity contribution is 0.395. The maximum atomic E-state index is 13.4. The highest BCUT2D eigenvalue weighted by molar-refractivity contribution is 9.10. The molecule has 17 heavy (non-hydrogen) atoms. The Balaban J connectivity index is 2.38. The quantitative estimate of drug-likeness (QED) is 0.790. The molecule has 4 heteroatoms. The molecule has 0 saturated carbocycles. The molecule has 2 nitrogen and oxygen atoms in total. The molecule has 0 fully saturated rings. The van der Waals surface area contributed by atoms with E-state index in [-0.39, 0.29) is 11.4 Å². The van der Waals surface area contributed by atoms with E-state index in [1.165, 1.54) is 6.07 Å². The molecule has 0 aliphatic heterocycles. The van der Waals surface area contributed by atoms with Crippen molar-refractivity contribution in [2.45, 2.75) is 25.8 Å². The van der Waals surface area contributed by atoms with Gasteiger partial charge in [-0.05, 0) is 57.6 Å². The molecule has 1 aromatic rings. The Hall–Kier alpha value is -0.450. The second kappa shape index (κ2) is 6.47. The molecule has 1 rings (SSSR count). The highest BCUT2D eigenvalue weighted by atomic mass is 79.9. The van der Waals surface area contributed by atoms with Crippen LogP contribution in [0.25, 0.3) is 0 Å². The van der Waals surface area contributed by atoms with Crippen LogP contribution in [-0.2, 0) is 6.42 Å². The van der Waals surface area contributed by atoms with Gasteiger partial charge in [-0.2, -0.15) is 0 Å². The fourth-order valence-electron chi connectivity index (χ4n) is 1.45. The summed E-state index contributed by atoms with van der Waals surface area (Å²) in [5, 5.41) is 6.54. The maximum Gasteiger partial charge on any atom is 0.126 e. The summed E-state index contributed by atoms with van der Waals surface area (Å²) in [4.78, 5) is 0. The van der Waals surface area contributed by atoms with Crippen LogP contribution >= 0.6 is 15.9 Å². The van der Waals surface area contributed by atoms with Gasteiger partial charge in [-0.15, -0.1) is 0 Å². The zero-order valence-corrected chi connectivity index (χ0v) is 12.2. The van der Waals surface area contributed by atoms with Crippen LogP contribution in [0, 0.1) is 5.82 Å². The summed E-state index contributed by atoms with van der Waals surface area (Å²) in [7, 11) is 1.94. The summed E-state index contributed by atoms with van der Waals surface area (Å²) in [6.07, 6.45) is 0.699. The van der Waals surface area contributed by atoms with Crippen LogP contribution in [-0.4, -0.2) is 25.7 Å². The Bertz CT molecular complexity index is 366. The standard InChI is InChI=1S/C13H20BrFN2/c1-13(2,16-3)9-17-7-6-10-8-11(14)4-5-12(10)15/h4-5,8,16-17H,6-7,9H2,1-3H3. The van der Waals surface area contributed by atoms with Gasteiger partial charge in [0.05, 0.1) is 0 Å². The molecule has 0 bridgehead atoms. The van der Waals surface area contributed by atoms with E-state index in [1.54, 1.807) is 6.07 Å². The van der Waals surface area contributed by atoms with E-state index in [9.17, 15) is 4.39 Å². The number of likely N-dealkylation sites (N-methyl/N-ethyl adjacent to an activating group) is 1. The van der Waals surface area contributed by atoms with Crippen molar-refractivity contribution in [3.05, 3.63) is 34.1 Å². The van der Waals surface area contributed by atoms with Gasteiger partial charge < -0.3 is 10.6 Å². The van der Waals surface area contributed by atoms with Gasteiger partial charge in [-0.1, -0.05) is 15.9 Å². The Morgan fingerprint density at radius 1 is 1.35 bits per heavy atom. The van der Waals surface area contributed by atoms with Gasteiger partial charge in [-0.3, -0.25) is 0 Å². The van der Waals surface area contributed by atoms with Crippen molar-refractivity contribution in [1.29, 1.82) is 0 Å². The van der Waals surface area contributed by atoms with E-state index < -0.39 is 0 Å². The maximum absolute atomic E-state index is 13.4. The molecular weight excluding hydrogens is 283 g/mol. The lowest BCUT2D eigenvalue weighted by Gasteiger charge is -2.24. The van der Waals surface area contributed by atoms with Crippen molar-refractivity contribution < 1.29 is 4.39 Å². The minimum atomic E-state index is -0.136. The van der Waals surface area contributed by atoms with Crippen LogP contribution < -0.4 is 10.6 Å². The monoisotopic (exact) mass is 302 g/mol. The molecule has 0 radical (unpaired) electrons. The molecule has 0 saturated heterocycles. The Morgan fingerprint density at radius 2 is 2.06 bits per heavy atom. The molecular formula is C13H20BrFN2. The molecule has 0 aliphatic rings. The van der Waals surface area contributed by atoms with Crippen molar-refractivity contribution in [3.63, 3.8) is 0 Å². The van der Waals surface area contributed by atoms with Gasteiger partial charge in [0.2, 0.25) is 0 Å². The third kappa shape index (κ3) is 5.15. The lowest BCUT2D eigenvalue weighted by atomic mass is 10.1. The minimum absolute atomic E-state index is 0.0653. The average molecular weight is 303 g/mol. The molecule has 0 unspecified atom stereocenters. The van der Waals surface area contributed by atoms with Crippen molar-refractivity contribution in [1.82, 2.24) is 10.6 Å². The van der Waals surface area contributed by atoms with E-state index in [0.29, 0.717) is 6.42 Å². The number of hydrogen-bond donors (Lipinski definition) is 2. The zero-order valence-electron chi connectivity index (χ0n) is 10.6. The van der Waals surface area contributed by atoms with Crippen molar-refractivity contribution >= 4 is 15.9 Å². The second-order valence-electron chi connectivity index (χ2n) is 4.80. The number of nitrogens with one attached hydrogen (secondary N) is 2. The first-order valence-electron chi connectivity index (χ1n) is 5.78. The summed E-state index contributed by atoms with van der Waals surface area (Å²) in [5.41, 5.74) is 0.810. The predicted octanol–water partition coefficient (Wildman–Crippen LogP) is 2.72. The Morgan fingerprint density at radius 3 is 2.71 bits per heavy atom. The first kappa shape index (κ1) is 14.6. The van der Waals surface area contributed by atoms with Gasteiger partial charge in [-0.25, -0.2) is 4.39 Å². The number of halogens is 2. The molecule has 1 aromatic carbocycles. The largest absolute Gasteiger partial charge is 0.315 e. The van der Waals surface area contributed by atoms with Crippen molar-refractivity contribution in [3.8, 4) is 0 Å². The Labute approximate surface area is 111 Å². The third-order valence-corrected chi connectivity index (χ3v) is 3.32.